The molecule has 0 bridgehead atoms. The van der Waals surface area contributed by atoms with E-state index < -0.39 is 6.61 Å². The van der Waals surface area contributed by atoms with Gasteiger partial charge in [-0.2, -0.15) is 0 Å². The van der Waals surface area contributed by atoms with Crippen LogP contribution >= 0.6 is 0 Å². The van der Waals surface area contributed by atoms with Crippen molar-refractivity contribution < 1.29 is 61.3 Å². The maximum Gasteiger partial charge on any atom is 1.00 e. The standard InChI is InChI=1S/C8H16N3O2.C2H6.CH3.K/c9-1-2-10-3-5-11(6-4-10)8(13)7-12;1-2;;/h1-7,9H2;1-2H3;1H3;/q-1;;-1;+1. The van der Waals surface area contributed by atoms with Crippen LogP contribution in [0, 0.1) is 7.43 Å². The molecule has 1 saturated heterocycles. The first-order valence-electron chi connectivity index (χ1n) is 5.56. The maximum absolute atomic E-state index is 11.0. The first-order valence-corrected chi connectivity index (χ1v) is 5.56. The number of amides is 1. The zero-order valence-electron chi connectivity index (χ0n) is 11.7. The van der Waals surface area contributed by atoms with Crippen molar-refractivity contribution in [3.05, 3.63) is 7.43 Å². The Kier molecular flexibility index (Phi) is 20.5. The van der Waals surface area contributed by atoms with E-state index in [0.717, 1.165) is 19.6 Å². The molecule has 0 unspecified atom stereocenters. The largest absolute Gasteiger partial charge is 1.00 e. The van der Waals surface area contributed by atoms with E-state index in [1.165, 1.54) is 0 Å². The van der Waals surface area contributed by atoms with Gasteiger partial charge in [-0.15, -0.1) is 0 Å². The van der Waals surface area contributed by atoms with E-state index in [2.05, 4.69) is 4.90 Å². The van der Waals surface area contributed by atoms with Gasteiger partial charge in [-0.3, -0.25) is 9.69 Å². The monoisotopic (exact) mass is 270 g/mol. The van der Waals surface area contributed by atoms with Gasteiger partial charge in [0, 0.05) is 39.3 Å². The van der Waals surface area contributed by atoms with E-state index in [1.807, 2.05) is 13.8 Å². The van der Waals surface area contributed by atoms with E-state index in [-0.39, 0.29) is 64.7 Å². The topological polar surface area (TPSA) is 72.6 Å². The summed E-state index contributed by atoms with van der Waals surface area (Å²) < 4.78 is 0. The van der Waals surface area contributed by atoms with Gasteiger partial charge >= 0.3 is 51.4 Å². The molecule has 1 aliphatic rings. The van der Waals surface area contributed by atoms with Crippen LogP contribution in [0.3, 0.4) is 0 Å². The van der Waals surface area contributed by atoms with E-state index in [0.29, 0.717) is 19.6 Å². The van der Waals surface area contributed by atoms with E-state index in [4.69, 9.17) is 5.73 Å². The number of rotatable bonds is 3. The number of carbonyl (C=O) groups excluding carboxylic acids is 1. The minimum Gasteiger partial charge on any atom is -0.848 e. The van der Waals surface area contributed by atoms with Gasteiger partial charge in [-0.25, -0.2) is 0 Å². The van der Waals surface area contributed by atoms with Crippen molar-refractivity contribution in [3.63, 3.8) is 0 Å². The van der Waals surface area contributed by atoms with Gasteiger partial charge in [0.2, 0.25) is 5.91 Å². The van der Waals surface area contributed by atoms with Crippen molar-refractivity contribution in [3.8, 4) is 0 Å². The van der Waals surface area contributed by atoms with Crippen molar-refractivity contribution in [2.75, 3.05) is 45.9 Å². The summed E-state index contributed by atoms with van der Waals surface area (Å²) in [7, 11) is 0. The normalized spacial score (nSPS) is 14.9. The van der Waals surface area contributed by atoms with Crippen LogP contribution in [0.2, 0.25) is 0 Å². The molecule has 1 rings (SSSR count). The van der Waals surface area contributed by atoms with Crippen LogP contribution in [0.5, 0.6) is 0 Å². The molecule has 0 aromatic carbocycles. The molecule has 0 aromatic rings. The minimum absolute atomic E-state index is 0. The number of nitrogens with two attached hydrogens (primary N) is 1. The molecule has 1 heterocycles. The number of hydrogen-bond acceptors (Lipinski definition) is 4. The van der Waals surface area contributed by atoms with Crippen LogP contribution in [0.15, 0.2) is 0 Å². The average molecular weight is 270 g/mol. The summed E-state index contributed by atoms with van der Waals surface area (Å²) in [5.74, 6) is -0.285. The Labute approximate surface area is 148 Å². The van der Waals surface area contributed by atoms with Crippen LogP contribution in [-0.2, 0) is 4.79 Å². The molecule has 2 N–H and O–H groups in total. The average Bonchev–Trinajstić information content (AvgIpc) is 2.32. The minimum atomic E-state index is -0.628. The maximum atomic E-state index is 11.0. The third kappa shape index (κ3) is 9.55. The summed E-state index contributed by atoms with van der Waals surface area (Å²) in [5.41, 5.74) is 5.41. The van der Waals surface area contributed by atoms with Crippen molar-refractivity contribution >= 4 is 5.91 Å². The predicted octanol–water partition coefficient (Wildman–Crippen LogP) is -4.07. The van der Waals surface area contributed by atoms with Gasteiger partial charge in [0.25, 0.3) is 0 Å². The molecule has 1 fully saturated rings. The number of piperazine rings is 1. The van der Waals surface area contributed by atoms with Crippen molar-refractivity contribution in [1.82, 2.24) is 9.80 Å². The summed E-state index contributed by atoms with van der Waals surface area (Å²) in [5, 5.41) is 10.3. The molecule has 0 saturated carbocycles. The van der Waals surface area contributed by atoms with E-state index in [1.54, 1.807) is 4.90 Å². The van der Waals surface area contributed by atoms with Crippen LogP contribution in [0.25, 0.3) is 0 Å². The molecule has 0 atom stereocenters. The summed E-state index contributed by atoms with van der Waals surface area (Å²) >= 11 is 0. The number of hydrogen-bond donors (Lipinski definition) is 1. The molecule has 0 spiro atoms. The second kappa shape index (κ2) is 15.0. The first kappa shape index (κ1) is 23.1. The third-order valence-electron chi connectivity index (χ3n) is 2.29. The SMILES string of the molecule is CC.NCCN1CCN(C(=O)C[O-])CC1.[CH3-].[K+]. The molecule has 5 nitrogen and oxygen atoms in total. The zero-order valence-corrected chi connectivity index (χ0v) is 14.9. The Hall–Kier alpha value is 0.986. The molecule has 0 radical (unpaired) electrons. The molecule has 0 aliphatic carbocycles. The zero-order chi connectivity index (χ0) is 11.7. The van der Waals surface area contributed by atoms with Gasteiger partial charge in [0.15, 0.2) is 0 Å². The van der Waals surface area contributed by atoms with E-state index >= 15 is 0 Å². The van der Waals surface area contributed by atoms with Crippen LogP contribution in [0.1, 0.15) is 13.8 Å². The smallest absolute Gasteiger partial charge is 0.848 e. The predicted molar refractivity (Wildman–Crippen MR) is 64.7 cm³/mol. The molecule has 1 aliphatic heterocycles. The quantitative estimate of drug-likeness (QED) is 0.418. The third-order valence-corrected chi connectivity index (χ3v) is 2.29. The van der Waals surface area contributed by atoms with Crippen LogP contribution in [0.4, 0.5) is 0 Å². The summed E-state index contributed by atoms with van der Waals surface area (Å²) in [4.78, 5) is 14.8. The van der Waals surface area contributed by atoms with Crippen molar-refractivity contribution in [2.24, 2.45) is 5.73 Å². The Balaban J connectivity index is -0.000000464. The van der Waals surface area contributed by atoms with Gasteiger partial charge in [-0.05, 0) is 0 Å². The fourth-order valence-corrected chi connectivity index (χ4v) is 1.49. The Morgan fingerprint density at radius 2 is 1.71 bits per heavy atom. The Bertz CT molecular complexity index is 174. The molecule has 17 heavy (non-hydrogen) atoms. The summed E-state index contributed by atoms with van der Waals surface area (Å²) in [6, 6.07) is 0. The molecular formula is C11H25KN3O2-. The number of carbonyl (C=O) groups is 1. The van der Waals surface area contributed by atoms with Gasteiger partial charge in [-0.1, -0.05) is 20.5 Å². The fraction of sp³-hybridized carbons (Fsp3) is 0.818. The summed E-state index contributed by atoms with van der Waals surface area (Å²) in [6.07, 6.45) is 0. The Morgan fingerprint density at radius 3 is 2.06 bits per heavy atom. The second-order valence-electron chi connectivity index (χ2n) is 3.16. The second-order valence-corrected chi connectivity index (χ2v) is 3.16. The molecule has 1 amide bonds. The molecule has 0 aromatic heterocycles. The molecule has 6 heteroatoms. The molecule has 98 valence electrons. The van der Waals surface area contributed by atoms with E-state index in [9.17, 15) is 9.90 Å². The first-order chi connectivity index (χ1) is 7.27. The van der Waals surface area contributed by atoms with Gasteiger partial charge in [0.1, 0.15) is 0 Å². The van der Waals surface area contributed by atoms with Crippen molar-refractivity contribution in [1.29, 1.82) is 0 Å². The molecular weight excluding hydrogens is 245 g/mol. The van der Waals surface area contributed by atoms with Crippen molar-refractivity contribution in [2.45, 2.75) is 13.8 Å². The Morgan fingerprint density at radius 1 is 1.24 bits per heavy atom. The number of nitrogens with zero attached hydrogens (tertiary/aromatic N) is 2. The van der Waals surface area contributed by atoms with Gasteiger partial charge < -0.3 is 23.2 Å². The fourth-order valence-electron chi connectivity index (χ4n) is 1.49. The van der Waals surface area contributed by atoms with Crippen LogP contribution < -0.4 is 62.2 Å². The van der Waals surface area contributed by atoms with Gasteiger partial charge in [0.05, 0.1) is 0 Å². The van der Waals surface area contributed by atoms with Crippen LogP contribution in [-0.4, -0.2) is 61.6 Å². The summed E-state index contributed by atoms with van der Waals surface area (Å²) in [6.45, 7) is 7.90.